The van der Waals surface area contributed by atoms with Crippen LogP contribution in [0.1, 0.15) is 15.9 Å². The van der Waals surface area contributed by atoms with E-state index in [1.165, 1.54) is 54.2 Å². The third kappa shape index (κ3) is 8.10. The average Bonchev–Trinajstić information content (AvgIpc) is 2.98. The second-order valence-corrected chi connectivity index (χ2v) is 9.54. The molecule has 0 spiro atoms. The summed E-state index contributed by atoms with van der Waals surface area (Å²) in [5, 5.41) is 19.2. The van der Waals surface area contributed by atoms with Crippen molar-refractivity contribution in [1.82, 2.24) is 5.32 Å². The Morgan fingerprint density at radius 1 is 0.829 bits per heavy atom. The molecule has 9 nitrogen and oxygen atoms in total. The summed E-state index contributed by atoms with van der Waals surface area (Å²) in [6, 6.07) is 26.5. The highest BCUT2D eigenvalue weighted by molar-refractivity contribution is 8.00. The summed E-state index contributed by atoms with van der Waals surface area (Å²) < 4.78 is 13.7. The summed E-state index contributed by atoms with van der Waals surface area (Å²) in [4.78, 5) is 49.8. The average molecular weight is 571 g/mol. The second kappa shape index (κ2) is 13.7. The molecule has 0 heterocycles. The van der Waals surface area contributed by atoms with Crippen molar-refractivity contribution in [1.29, 1.82) is 0 Å². The molecule has 4 rings (SSSR count). The number of para-hydroxylation sites is 2. The number of nitro groups is 1. The lowest BCUT2D eigenvalue weighted by molar-refractivity contribution is -0.385. The highest BCUT2D eigenvalue weighted by atomic mass is 32.2. The number of rotatable bonds is 10. The van der Waals surface area contributed by atoms with Crippen LogP contribution in [0.4, 0.5) is 21.5 Å². The van der Waals surface area contributed by atoms with Crippen LogP contribution in [0, 0.1) is 15.9 Å². The van der Waals surface area contributed by atoms with Crippen LogP contribution >= 0.6 is 11.8 Å². The van der Waals surface area contributed by atoms with Crippen molar-refractivity contribution in [2.45, 2.75) is 4.90 Å². The number of thioether (sulfide) groups is 1. The van der Waals surface area contributed by atoms with Crippen LogP contribution in [0.5, 0.6) is 0 Å². The van der Waals surface area contributed by atoms with Crippen molar-refractivity contribution in [3.05, 3.63) is 136 Å². The van der Waals surface area contributed by atoms with Crippen molar-refractivity contribution in [2.75, 3.05) is 16.4 Å². The third-order valence-corrected chi connectivity index (χ3v) is 6.60. The molecule has 0 bridgehead atoms. The van der Waals surface area contributed by atoms with E-state index in [9.17, 15) is 28.9 Å². The molecular formula is C30H23FN4O5S. The van der Waals surface area contributed by atoms with Gasteiger partial charge in [0, 0.05) is 22.2 Å². The lowest BCUT2D eigenvalue weighted by atomic mass is 10.1. The number of nitrogens with one attached hydrogen (secondary N) is 3. The Kier molecular flexibility index (Phi) is 9.57. The molecule has 0 aliphatic rings. The van der Waals surface area contributed by atoms with Crippen LogP contribution < -0.4 is 16.0 Å². The first kappa shape index (κ1) is 28.7. The molecule has 206 valence electrons. The Balaban J connectivity index is 1.46. The van der Waals surface area contributed by atoms with Crippen LogP contribution in [0.25, 0.3) is 6.08 Å². The van der Waals surface area contributed by atoms with Gasteiger partial charge in [-0.2, -0.15) is 0 Å². The summed E-state index contributed by atoms with van der Waals surface area (Å²) in [6.07, 6.45) is 1.24. The number of hydrogen-bond acceptors (Lipinski definition) is 6. The summed E-state index contributed by atoms with van der Waals surface area (Å²) in [5.74, 6) is -2.13. The molecule has 4 aromatic carbocycles. The molecule has 0 unspecified atom stereocenters. The van der Waals surface area contributed by atoms with E-state index in [1.807, 2.05) is 0 Å². The van der Waals surface area contributed by atoms with Gasteiger partial charge in [0.2, 0.25) is 5.91 Å². The largest absolute Gasteiger partial charge is 0.323 e. The maximum absolute atomic E-state index is 13.7. The maximum atomic E-state index is 13.7. The van der Waals surface area contributed by atoms with E-state index < -0.39 is 22.6 Å². The van der Waals surface area contributed by atoms with Crippen molar-refractivity contribution >= 4 is 52.6 Å². The molecule has 11 heteroatoms. The van der Waals surface area contributed by atoms with Crippen LogP contribution in [0.3, 0.4) is 0 Å². The van der Waals surface area contributed by atoms with Crippen LogP contribution in [-0.2, 0) is 9.59 Å². The lowest BCUT2D eigenvalue weighted by Crippen LogP contribution is -2.30. The van der Waals surface area contributed by atoms with Gasteiger partial charge in [0.05, 0.1) is 21.9 Å². The Bertz CT molecular complexity index is 1610. The van der Waals surface area contributed by atoms with Gasteiger partial charge in [-0.15, -0.1) is 11.8 Å². The van der Waals surface area contributed by atoms with Crippen molar-refractivity contribution < 1.29 is 23.7 Å². The molecule has 4 aromatic rings. The SMILES string of the molecule is O=C(CSc1ccc(NC(=O)/C(=C/c2ccccc2[N+](=O)[O-])NC(=O)c2ccccc2)cc1)Nc1ccccc1F. The fourth-order valence-electron chi connectivity index (χ4n) is 3.60. The fraction of sp³-hybridized carbons (Fsp3) is 0.0333. The monoisotopic (exact) mass is 570 g/mol. The van der Waals surface area contributed by atoms with E-state index >= 15 is 0 Å². The number of amides is 3. The van der Waals surface area contributed by atoms with Crippen molar-refractivity contribution in [3.63, 3.8) is 0 Å². The van der Waals surface area contributed by atoms with Gasteiger partial charge in [0.15, 0.2) is 0 Å². The normalized spacial score (nSPS) is 10.9. The first-order valence-corrected chi connectivity index (χ1v) is 13.2. The zero-order chi connectivity index (χ0) is 29.2. The molecule has 41 heavy (non-hydrogen) atoms. The second-order valence-electron chi connectivity index (χ2n) is 8.49. The molecular weight excluding hydrogens is 547 g/mol. The number of carbonyl (C=O) groups excluding carboxylic acids is 3. The standard InChI is InChI=1S/C30H23FN4O5S/c31-24-11-5-6-12-25(24)33-28(36)19-41-23-16-14-22(15-17-23)32-30(38)26(34-29(37)20-8-2-1-3-9-20)18-21-10-4-7-13-27(21)35(39)40/h1-18H,19H2,(H,32,38)(H,33,36)(H,34,37)/b26-18-. The maximum Gasteiger partial charge on any atom is 0.276 e. The number of nitro benzene ring substituents is 1. The quantitative estimate of drug-likeness (QED) is 0.0946. The summed E-state index contributed by atoms with van der Waals surface area (Å²) in [6.45, 7) is 0. The predicted octanol–water partition coefficient (Wildman–Crippen LogP) is 5.87. The molecule has 0 radical (unpaired) electrons. The van der Waals surface area contributed by atoms with Crippen LogP contribution in [0.2, 0.25) is 0 Å². The Labute approximate surface area is 238 Å². The Morgan fingerprint density at radius 2 is 1.49 bits per heavy atom. The van der Waals surface area contributed by atoms with E-state index in [1.54, 1.807) is 66.7 Å². The highest BCUT2D eigenvalue weighted by Crippen LogP contribution is 2.23. The molecule has 0 atom stereocenters. The van der Waals surface area contributed by atoms with E-state index in [0.717, 1.165) is 4.90 Å². The fourth-order valence-corrected chi connectivity index (χ4v) is 4.30. The van der Waals surface area contributed by atoms with E-state index in [-0.39, 0.29) is 34.3 Å². The van der Waals surface area contributed by atoms with Gasteiger partial charge in [0.1, 0.15) is 11.5 Å². The minimum atomic E-state index is -0.697. The molecule has 0 aromatic heterocycles. The number of anilines is 2. The summed E-state index contributed by atoms with van der Waals surface area (Å²) in [7, 11) is 0. The number of nitrogens with zero attached hydrogens (tertiary/aromatic N) is 1. The van der Waals surface area contributed by atoms with Crippen molar-refractivity contribution in [3.8, 4) is 0 Å². The zero-order valence-electron chi connectivity index (χ0n) is 21.4. The van der Waals surface area contributed by atoms with Gasteiger partial charge in [0.25, 0.3) is 17.5 Å². The van der Waals surface area contributed by atoms with Gasteiger partial charge in [-0.1, -0.05) is 42.5 Å². The minimum absolute atomic E-state index is 0.0360. The number of carbonyl (C=O) groups is 3. The zero-order valence-corrected chi connectivity index (χ0v) is 22.2. The van der Waals surface area contributed by atoms with Gasteiger partial charge in [-0.25, -0.2) is 4.39 Å². The first-order chi connectivity index (χ1) is 19.8. The minimum Gasteiger partial charge on any atom is -0.323 e. The Hall–Kier alpha value is -5.29. The van der Waals surface area contributed by atoms with Gasteiger partial charge in [-0.05, 0) is 60.7 Å². The number of hydrogen-bond donors (Lipinski definition) is 3. The van der Waals surface area contributed by atoms with Crippen molar-refractivity contribution in [2.24, 2.45) is 0 Å². The third-order valence-electron chi connectivity index (χ3n) is 5.59. The number of benzene rings is 4. The smallest absolute Gasteiger partial charge is 0.276 e. The van der Waals surface area contributed by atoms with E-state index in [2.05, 4.69) is 16.0 Å². The molecule has 0 saturated heterocycles. The molecule has 0 aliphatic carbocycles. The predicted molar refractivity (Wildman–Crippen MR) is 156 cm³/mol. The summed E-state index contributed by atoms with van der Waals surface area (Å²) >= 11 is 1.22. The number of halogens is 1. The van der Waals surface area contributed by atoms with Gasteiger partial charge >= 0.3 is 0 Å². The van der Waals surface area contributed by atoms with E-state index in [4.69, 9.17) is 0 Å². The molecule has 0 saturated carbocycles. The first-order valence-electron chi connectivity index (χ1n) is 12.2. The van der Waals surface area contributed by atoms with Gasteiger partial charge < -0.3 is 16.0 Å². The molecule has 0 aliphatic heterocycles. The lowest BCUT2D eigenvalue weighted by Gasteiger charge is -2.12. The molecule has 0 fully saturated rings. The highest BCUT2D eigenvalue weighted by Gasteiger charge is 2.18. The van der Waals surface area contributed by atoms with E-state index in [0.29, 0.717) is 11.3 Å². The Morgan fingerprint density at radius 3 is 2.20 bits per heavy atom. The summed E-state index contributed by atoms with van der Waals surface area (Å²) in [5.41, 5.74) is 0.493. The van der Waals surface area contributed by atoms with Crippen LogP contribution in [-0.4, -0.2) is 28.4 Å². The molecule has 3 N–H and O–H groups in total. The van der Waals surface area contributed by atoms with Gasteiger partial charge in [-0.3, -0.25) is 24.5 Å². The topological polar surface area (TPSA) is 130 Å². The van der Waals surface area contributed by atoms with Crippen LogP contribution in [0.15, 0.2) is 114 Å². The molecule has 3 amide bonds.